The molecule has 0 spiro atoms. The summed E-state index contributed by atoms with van der Waals surface area (Å²) < 4.78 is 1.16. The number of anilines is 1. The fraction of sp³-hybridized carbons (Fsp3) is 0.538. The van der Waals surface area contributed by atoms with E-state index in [-0.39, 0.29) is 0 Å². The number of piperazine rings is 1. The van der Waals surface area contributed by atoms with Gasteiger partial charge in [0.2, 0.25) is 0 Å². The standard InChI is InChI=1S/C13H20BrN3/c1-10-3-4-11(7-13(10)14)16-8-12-9-17(2)6-5-15-12/h3-4,7,12,15-16H,5-6,8-9H2,1-2H3. The van der Waals surface area contributed by atoms with Gasteiger partial charge in [-0.15, -0.1) is 0 Å². The van der Waals surface area contributed by atoms with Crippen molar-refractivity contribution in [3.05, 3.63) is 28.2 Å². The van der Waals surface area contributed by atoms with Gasteiger partial charge in [-0.3, -0.25) is 0 Å². The lowest BCUT2D eigenvalue weighted by molar-refractivity contribution is 0.244. The topological polar surface area (TPSA) is 27.3 Å². The third-order valence-electron chi connectivity index (χ3n) is 3.18. The SMILES string of the molecule is Cc1ccc(NCC2CN(C)CCN2)cc1Br. The summed E-state index contributed by atoms with van der Waals surface area (Å²) in [5, 5.41) is 7.01. The number of benzene rings is 1. The Kier molecular flexibility index (Phi) is 4.42. The first-order chi connectivity index (χ1) is 8.15. The van der Waals surface area contributed by atoms with Gasteiger partial charge in [0.05, 0.1) is 0 Å². The Morgan fingerprint density at radius 2 is 2.35 bits per heavy atom. The van der Waals surface area contributed by atoms with Crippen LogP contribution in [0.5, 0.6) is 0 Å². The smallest absolute Gasteiger partial charge is 0.0369 e. The number of rotatable bonds is 3. The van der Waals surface area contributed by atoms with E-state index >= 15 is 0 Å². The van der Waals surface area contributed by atoms with Crippen LogP contribution in [0.1, 0.15) is 5.56 Å². The fourth-order valence-corrected chi connectivity index (χ4v) is 2.45. The summed E-state index contributed by atoms with van der Waals surface area (Å²) in [5.74, 6) is 0. The van der Waals surface area contributed by atoms with Crippen LogP contribution in [0.2, 0.25) is 0 Å². The molecule has 2 rings (SSSR count). The lowest BCUT2D eigenvalue weighted by Crippen LogP contribution is -2.51. The van der Waals surface area contributed by atoms with Gasteiger partial charge < -0.3 is 15.5 Å². The number of hydrogen-bond acceptors (Lipinski definition) is 3. The summed E-state index contributed by atoms with van der Waals surface area (Å²) in [5.41, 5.74) is 2.45. The Morgan fingerprint density at radius 3 is 3.06 bits per heavy atom. The number of likely N-dealkylation sites (N-methyl/N-ethyl adjacent to an activating group) is 1. The Morgan fingerprint density at radius 1 is 1.53 bits per heavy atom. The summed E-state index contributed by atoms with van der Waals surface area (Å²) in [6, 6.07) is 6.94. The average Bonchev–Trinajstić information content (AvgIpc) is 2.31. The minimum Gasteiger partial charge on any atom is -0.383 e. The van der Waals surface area contributed by atoms with Crippen LogP contribution in [-0.2, 0) is 0 Å². The zero-order chi connectivity index (χ0) is 12.3. The van der Waals surface area contributed by atoms with Crippen LogP contribution >= 0.6 is 15.9 Å². The normalized spacial score (nSPS) is 21.5. The molecule has 1 heterocycles. The van der Waals surface area contributed by atoms with Crippen molar-refractivity contribution >= 4 is 21.6 Å². The number of nitrogens with one attached hydrogen (secondary N) is 2. The van der Waals surface area contributed by atoms with Gasteiger partial charge in [0, 0.05) is 42.4 Å². The predicted octanol–water partition coefficient (Wildman–Crippen LogP) is 2.07. The Labute approximate surface area is 112 Å². The van der Waals surface area contributed by atoms with Crippen molar-refractivity contribution < 1.29 is 0 Å². The first-order valence-corrected chi connectivity index (χ1v) is 6.86. The summed E-state index contributed by atoms with van der Waals surface area (Å²) >= 11 is 3.56. The maximum Gasteiger partial charge on any atom is 0.0369 e. The molecule has 1 fully saturated rings. The van der Waals surface area contributed by atoms with Crippen molar-refractivity contribution in [3.63, 3.8) is 0 Å². The van der Waals surface area contributed by atoms with Crippen LogP contribution < -0.4 is 10.6 Å². The molecular formula is C13H20BrN3. The first-order valence-electron chi connectivity index (χ1n) is 6.07. The van der Waals surface area contributed by atoms with E-state index in [0.29, 0.717) is 6.04 Å². The number of nitrogens with zero attached hydrogens (tertiary/aromatic N) is 1. The molecule has 0 aromatic heterocycles. The third kappa shape index (κ3) is 3.69. The number of hydrogen-bond donors (Lipinski definition) is 2. The second-order valence-electron chi connectivity index (χ2n) is 4.76. The first kappa shape index (κ1) is 12.9. The van der Waals surface area contributed by atoms with Crippen molar-refractivity contribution in [2.24, 2.45) is 0 Å². The average molecular weight is 298 g/mol. The molecule has 2 N–H and O–H groups in total. The van der Waals surface area contributed by atoms with Crippen molar-refractivity contribution in [2.75, 3.05) is 38.5 Å². The minimum absolute atomic E-state index is 0.536. The highest BCUT2D eigenvalue weighted by atomic mass is 79.9. The summed E-state index contributed by atoms with van der Waals surface area (Å²) in [6.07, 6.45) is 0. The van der Waals surface area contributed by atoms with Crippen LogP contribution in [-0.4, -0.2) is 44.2 Å². The predicted molar refractivity (Wildman–Crippen MR) is 76.7 cm³/mol. The van der Waals surface area contributed by atoms with E-state index in [1.807, 2.05) is 0 Å². The molecule has 1 aliphatic heterocycles. The van der Waals surface area contributed by atoms with Crippen LogP contribution in [0, 0.1) is 6.92 Å². The van der Waals surface area contributed by atoms with Gasteiger partial charge in [-0.2, -0.15) is 0 Å². The lowest BCUT2D eigenvalue weighted by Gasteiger charge is -2.31. The second kappa shape index (κ2) is 5.85. The van der Waals surface area contributed by atoms with Gasteiger partial charge in [0.25, 0.3) is 0 Å². The molecule has 17 heavy (non-hydrogen) atoms. The molecule has 0 aliphatic carbocycles. The maximum atomic E-state index is 3.56. The molecule has 4 heteroatoms. The molecule has 0 radical (unpaired) electrons. The minimum atomic E-state index is 0.536. The van der Waals surface area contributed by atoms with Crippen LogP contribution in [0.3, 0.4) is 0 Å². The zero-order valence-electron chi connectivity index (χ0n) is 10.5. The Balaban J connectivity index is 1.86. The van der Waals surface area contributed by atoms with Gasteiger partial charge in [-0.25, -0.2) is 0 Å². The monoisotopic (exact) mass is 297 g/mol. The molecule has 0 saturated carbocycles. The molecule has 1 aromatic carbocycles. The molecule has 3 nitrogen and oxygen atoms in total. The quantitative estimate of drug-likeness (QED) is 0.894. The van der Waals surface area contributed by atoms with Crippen molar-refractivity contribution in [1.29, 1.82) is 0 Å². The molecule has 1 aliphatic rings. The second-order valence-corrected chi connectivity index (χ2v) is 5.61. The number of aryl methyl sites for hydroxylation is 1. The van der Waals surface area contributed by atoms with E-state index in [2.05, 4.69) is 63.6 Å². The molecule has 1 aromatic rings. The molecule has 1 unspecified atom stereocenters. The maximum absolute atomic E-state index is 3.56. The summed E-state index contributed by atoms with van der Waals surface area (Å²) in [7, 11) is 2.18. The van der Waals surface area contributed by atoms with Crippen molar-refractivity contribution in [2.45, 2.75) is 13.0 Å². The zero-order valence-corrected chi connectivity index (χ0v) is 12.0. The van der Waals surface area contributed by atoms with Gasteiger partial charge in [-0.1, -0.05) is 22.0 Å². The van der Waals surface area contributed by atoms with E-state index < -0.39 is 0 Å². The molecule has 94 valence electrons. The molecule has 0 amide bonds. The van der Waals surface area contributed by atoms with E-state index in [0.717, 1.165) is 30.7 Å². The lowest BCUT2D eigenvalue weighted by atomic mass is 10.2. The highest BCUT2D eigenvalue weighted by Crippen LogP contribution is 2.20. The Bertz CT molecular complexity index is 381. The molecule has 1 saturated heterocycles. The van der Waals surface area contributed by atoms with Gasteiger partial charge in [0.1, 0.15) is 0 Å². The summed E-state index contributed by atoms with van der Waals surface area (Å²) in [6.45, 7) is 6.42. The van der Waals surface area contributed by atoms with E-state index in [1.54, 1.807) is 0 Å². The van der Waals surface area contributed by atoms with Crippen molar-refractivity contribution in [3.8, 4) is 0 Å². The highest BCUT2D eigenvalue weighted by molar-refractivity contribution is 9.10. The van der Waals surface area contributed by atoms with E-state index in [1.165, 1.54) is 11.3 Å². The fourth-order valence-electron chi connectivity index (χ4n) is 2.07. The molecular weight excluding hydrogens is 278 g/mol. The summed E-state index contributed by atoms with van der Waals surface area (Å²) in [4.78, 5) is 2.37. The molecule has 1 atom stereocenters. The molecule has 0 bridgehead atoms. The largest absolute Gasteiger partial charge is 0.383 e. The van der Waals surface area contributed by atoms with Gasteiger partial charge in [0.15, 0.2) is 0 Å². The van der Waals surface area contributed by atoms with Crippen LogP contribution in [0.25, 0.3) is 0 Å². The third-order valence-corrected chi connectivity index (χ3v) is 4.04. The van der Waals surface area contributed by atoms with E-state index in [4.69, 9.17) is 0 Å². The van der Waals surface area contributed by atoms with Crippen LogP contribution in [0.4, 0.5) is 5.69 Å². The highest BCUT2D eigenvalue weighted by Gasteiger charge is 2.15. The van der Waals surface area contributed by atoms with Crippen molar-refractivity contribution in [1.82, 2.24) is 10.2 Å². The Hall–Kier alpha value is -0.580. The number of halogens is 1. The van der Waals surface area contributed by atoms with Crippen LogP contribution in [0.15, 0.2) is 22.7 Å². The van der Waals surface area contributed by atoms with Gasteiger partial charge in [-0.05, 0) is 31.7 Å². The van der Waals surface area contributed by atoms with E-state index in [9.17, 15) is 0 Å². The van der Waals surface area contributed by atoms with Gasteiger partial charge >= 0.3 is 0 Å².